The number of carbonyl (C=O) groups excluding carboxylic acids is 1. The lowest BCUT2D eigenvalue weighted by Crippen LogP contribution is -2.12. The van der Waals surface area contributed by atoms with Crippen molar-refractivity contribution < 1.29 is 23.1 Å². The highest BCUT2D eigenvalue weighted by molar-refractivity contribution is 7.90. The zero-order chi connectivity index (χ0) is 23.4. The summed E-state index contributed by atoms with van der Waals surface area (Å²) in [6, 6.07) is 4.50. The largest absolute Gasteiger partial charge is 0.493 e. The minimum absolute atomic E-state index is 0.00841. The molecule has 0 aliphatic heterocycles. The number of halogens is 1. The van der Waals surface area contributed by atoms with Crippen LogP contribution in [-0.4, -0.2) is 45.1 Å². The molecule has 0 atom stereocenters. The Labute approximate surface area is 190 Å². The number of nitrogens with zero attached hydrogens (tertiary/aromatic N) is 4. The molecule has 4 rings (SSSR count). The first-order chi connectivity index (χ1) is 15.0. The molecule has 1 saturated carbocycles. The summed E-state index contributed by atoms with van der Waals surface area (Å²) in [4.78, 5) is 13.1. The number of sulfone groups is 1. The number of hydrogen-bond acceptors (Lipinski definition) is 7. The van der Waals surface area contributed by atoms with Crippen molar-refractivity contribution >= 4 is 27.2 Å². The number of rotatable bonds is 7. The van der Waals surface area contributed by atoms with Gasteiger partial charge in [-0.25, -0.2) is 17.8 Å². The van der Waals surface area contributed by atoms with Crippen molar-refractivity contribution in [3.05, 3.63) is 51.3 Å². The molecule has 11 heteroatoms. The Kier molecular flexibility index (Phi) is 5.54. The molecule has 2 heterocycles. The van der Waals surface area contributed by atoms with Crippen LogP contribution in [0.15, 0.2) is 23.1 Å². The zero-order valence-electron chi connectivity index (χ0n) is 18.1. The molecular formula is C21H23ClN4O5S. The van der Waals surface area contributed by atoms with Crippen molar-refractivity contribution in [2.45, 2.75) is 37.2 Å². The molecule has 0 unspecified atom stereocenters. The van der Waals surface area contributed by atoms with Gasteiger partial charge in [-0.2, -0.15) is 10.2 Å². The molecule has 0 spiro atoms. The van der Waals surface area contributed by atoms with Crippen LogP contribution in [0.2, 0.25) is 5.02 Å². The maximum atomic E-state index is 13.1. The van der Waals surface area contributed by atoms with E-state index in [2.05, 4.69) is 10.2 Å². The van der Waals surface area contributed by atoms with Crippen LogP contribution < -0.4 is 4.74 Å². The van der Waals surface area contributed by atoms with E-state index in [9.17, 15) is 18.3 Å². The number of hydrogen-bond donors (Lipinski definition) is 1. The third-order valence-electron chi connectivity index (χ3n) is 5.48. The van der Waals surface area contributed by atoms with Gasteiger partial charge in [0, 0.05) is 43.5 Å². The van der Waals surface area contributed by atoms with E-state index in [1.54, 1.807) is 18.7 Å². The molecule has 0 radical (unpaired) electrons. The van der Waals surface area contributed by atoms with Crippen LogP contribution in [0.3, 0.4) is 0 Å². The summed E-state index contributed by atoms with van der Waals surface area (Å²) in [6.07, 6.45) is 3.24. The van der Waals surface area contributed by atoms with Crippen molar-refractivity contribution in [2.24, 2.45) is 14.1 Å². The summed E-state index contributed by atoms with van der Waals surface area (Å²) in [5.74, 6) is 0.0527. The van der Waals surface area contributed by atoms with Crippen molar-refractivity contribution in [3.8, 4) is 11.8 Å². The summed E-state index contributed by atoms with van der Waals surface area (Å²) in [7, 11) is -0.397. The van der Waals surface area contributed by atoms with Gasteiger partial charge in [0.25, 0.3) is 0 Å². The first-order valence-electron chi connectivity index (χ1n) is 9.94. The van der Waals surface area contributed by atoms with Crippen LogP contribution in [0.4, 0.5) is 0 Å². The number of ether oxygens (including phenoxy) is 1. The van der Waals surface area contributed by atoms with E-state index in [0.717, 1.165) is 24.8 Å². The number of aryl methyl sites for hydroxylation is 3. The standard InChI is InChI=1S/C21H23ClN4O5S/c1-11-18(21(28)26(3)23-11)20(27)13-7-8-16(32(4,29)30)14(19(13)22)10-31-17-9-15(12-5-6-12)24-25(17)2/h7-9,12,28H,5-6,10H2,1-4H3. The number of carbonyl (C=O) groups is 1. The van der Waals surface area contributed by atoms with Gasteiger partial charge in [0.05, 0.1) is 21.3 Å². The maximum absolute atomic E-state index is 13.1. The van der Waals surface area contributed by atoms with Crippen LogP contribution >= 0.6 is 11.6 Å². The summed E-state index contributed by atoms with van der Waals surface area (Å²) < 4.78 is 33.4. The molecule has 170 valence electrons. The van der Waals surface area contributed by atoms with Gasteiger partial charge in [-0.15, -0.1) is 0 Å². The van der Waals surface area contributed by atoms with Gasteiger partial charge in [0.1, 0.15) is 12.2 Å². The molecule has 1 aromatic carbocycles. The van der Waals surface area contributed by atoms with Crippen LogP contribution in [0, 0.1) is 6.92 Å². The maximum Gasteiger partial charge on any atom is 0.220 e. The van der Waals surface area contributed by atoms with Gasteiger partial charge in [0.2, 0.25) is 17.5 Å². The average molecular weight is 479 g/mol. The Morgan fingerprint density at radius 2 is 1.94 bits per heavy atom. The molecule has 1 aliphatic carbocycles. The molecule has 0 saturated heterocycles. The highest BCUT2D eigenvalue weighted by Crippen LogP contribution is 2.40. The molecule has 2 aromatic heterocycles. The summed E-state index contributed by atoms with van der Waals surface area (Å²) in [6.45, 7) is 1.42. The fourth-order valence-corrected chi connectivity index (χ4v) is 4.92. The Balaban J connectivity index is 1.73. The summed E-state index contributed by atoms with van der Waals surface area (Å²) in [5, 5.41) is 18.7. The Hall–Kier alpha value is -2.85. The van der Waals surface area contributed by atoms with E-state index in [1.807, 2.05) is 6.07 Å². The predicted octanol–water partition coefficient (Wildman–Crippen LogP) is 2.91. The lowest BCUT2D eigenvalue weighted by Gasteiger charge is -2.14. The van der Waals surface area contributed by atoms with Gasteiger partial charge in [-0.1, -0.05) is 11.6 Å². The number of benzene rings is 1. The third-order valence-corrected chi connectivity index (χ3v) is 7.09. The Morgan fingerprint density at radius 3 is 2.50 bits per heavy atom. The molecule has 9 nitrogen and oxygen atoms in total. The van der Waals surface area contributed by atoms with Gasteiger partial charge in [-0.3, -0.25) is 4.79 Å². The molecule has 32 heavy (non-hydrogen) atoms. The number of aromatic hydroxyl groups is 1. The Bertz CT molecular complexity index is 1340. The lowest BCUT2D eigenvalue weighted by molar-refractivity contribution is 0.103. The Morgan fingerprint density at radius 1 is 1.25 bits per heavy atom. The first-order valence-corrected chi connectivity index (χ1v) is 12.2. The monoisotopic (exact) mass is 478 g/mol. The van der Waals surface area contributed by atoms with Gasteiger partial charge >= 0.3 is 0 Å². The van der Waals surface area contributed by atoms with E-state index in [4.69, 9.17) is 16.3 Å². The van der Waals surface area contributed by atoms with Crippen LogP contribution in [0.1, 0.15) is 51.6 Å². The third kappa shape index (κ3) is 4.00. The van der Waals surface area contributed by atoms with Gasteiger partial charge in [-0.05, 0) is 31.9 Å². The normalized spacial score (nSPS) is 14.0. The number of aromatic nitrogens is 4. The minimum Gasteiger partial charge on any atom is -0.493 e. The lowest BCUT2D eigenvalue weighted by atomic mass is 10.0. The summed E-state index contributed by atoms with van der Waals surface area (Å²) in [5.41, 5.74) is 1.49. The molecule has 0 bridgehead atoms. The second-order valence-corrected chi connectivity index (χ2v) is 10.4. The van der Waals surface area contributed by atoms with Crippen LogP contribution in [-0.2, 0) is 30.5 Å². The van der Waals surface area contributed by atoms with E-state index in [0.29, 0.717) is 17.5 Å². The molecule has 1 aliphatic rings. The average Bonchev–Trinajstić information content (AvgIpc) is 3.43. The van der Waals surface area contributed by atoms with E-state index >= 15 is 0 Å². The first kappa shape index (κ1) is 22.3. The van der Waals surface area contributed by atoms with Crippen molar-refractivity contribution in [1.82, 2.24) is 19.6 Å². The van der Waals surface area contributed by atoms with Crippen molar-refractivity contribution in [3.63, 3.8) is 0 Å². The van der Waals surface area contributed by atoms with Gasteiger partial charge < -0.3 is 9.84 Å². The smallest absolute Gasteiger partial charge is 0.220 e. The highest BCUT2D eigenvalue weighted by Gasteiger charge is 2.29. The fourth-order valence-electron chi connectivity index (χ4n) is 3.64. The molecule has 3 aromatic rings. The van der Waals surface area contributed by atoms with E-state index in [1.165, 1.54) is 23.9 Å². The fraction of sp³-hybridized carbons (Fsp3) is 0.381. The van der Waals surface area contributed by atoms with Crippen molar-refractivity contribution in [2.75, 3.05) is 6.26 Å². The summed E-state index contributed by atoms with van der Waals surface area (Å²) >= 11 is 6.55. The molecular weight excluding hydrogens is 456 g/mol. The quantitative estimate of drug-likeness (QED) is 0.519. The van der Waals surface area contributed by atoms with Crippen LogP contribution in [0.25, 0.3) is 0 Å². The topological polar surface area (TPSA) is 116 Å². The van der Waals surface area contributed by atoms with Crippen LogP contribution in [0.5, 0.6) is 11.8 Å². The predicted molar refractivity (Wildman–Crippen MR) is 117 cm³/mol. The highest BCUT2D eigenvalue weighted by atomic mass is 35.5. The van der Waals surface area contributed by atoms with Crippen molar-refractivity contribution in [1.29, 1.82) is 0 Å². The molecule has 1 fully saturated rings. The molecule has 1 N–H and O–H groups in total. The second-order valence-electron chi connectivity index (χ2n) is 8.01. The zero-order valence-corrected chi connectivity index (χ0v) is 19.7. The number of ketones is 1. The molecule has 0 amide bonds. The van der Waals surface area contributed by atoms with Gasteiger partial charge in [0.15, 0.2) is 9.84 Å². The van der Waals surface area contributed by atoms with E-state index < -0.39 is 15.6 Å². The SMILES string of the molecule is Cc1nn(C)c(O)c1C(=O)c1ccc(S(C)(=O)=O)c(COc2cc(C3CC3)nn2C)c1Cl. The second kappa shape index (κ2) is 7.93. The minimum atomic E-state index is -3.65. The van der Waals surface area contributed by atoms with E-state index in [-0.39, 0.29) is 39.1 Å².